The van der Waals surface area contributed by atoms with E-state index in [4.69, 9.17) is 4.74 Å². The van der Waals surface area contributed by atoms with Crippen molar-refractivity contribution in [2.24, 2.45) is 5.10 Å². The van der Waals surface area contributed by atoms with Crippen LogP contribution in [0.1, 0.15) is 5.56 Å². The summed E-state index contributed by atoms with van der Waals surface area (Å²) in [5.74, 6) is -0.0209. The SMILES string of the molecule is FC(F)(F)COc1nc(NN=Cc2cccc(I)c2)nc(N(c2ccccc2)c2ccccc2)n1. The number of aromatic nitrogens is 3. The molecular formula is C24H18F3IN6O. The summed E-state index contributed by atoms with van der Waals surface area (Å²) in [6.45, 7) is -1.54. The molecule has 0 saturated heterocycles. The van der Waals surface area contributed by atoms with Crippen molar-refractivity contribution in [2.45, 2.75) is 6.18 Å². The van der Waals surface area contributed by atoms with E-state index < -0.39 is 18.8 Å². The maximum absolute atomic E-state index is 12.8. The zero-order valence-corrected chi connectivity index (χ0v) is 20.2. The van der Waals surface area contributed by atoms with Crippen molar-refractivity contribution >= 4 is 52.1 Å². The molecule has 4 rings (SSSR count). The molecule has 11 heteroatoms. The minimum absolute atomic E-state index is 0.0570. The highest BCUT2D eigenvalue weighted by atomic mass is 127. The highest BCUT2D eigenvalue weighted by Crippen LogP contribution is 2.33. The molecule has 178 valence electrons. The number of halogens is 4. The van der Waals surface area contributed by atoms with Crippen LogP contribution in [0.25, 0.3) is 0 Å². The molecule has 0 unspecified atom stereocenters. The lowest BCUT2D eigenvalue weighted by molar-refractivity contribution is -0.154. The fraction of sp³-hybridized carbons (Fsp3) is 0.0833. The Morgan fingerprint density at radius 2 is 1.54 bits per heavy atom. The van der Waals surface area contributed by atoms with E-state index in [2.05, 4.69) is 48.1 Å². The second-order valence-corrected chi connectivity index (χ2v) is 8.32. The normalized spacial score (nSPS) is 11.4. The predicted molar refractivity (Wildman–Crippen MR) is 136 cm³/mol. The van der Waals surface area contributed by atoms with Crippen LogP contribution in [-0.2, 0) is 0 Å². The Morgan fingerprint density at radius 3 is 2.14 bits per heavy atom. The van der Waals surface area contributed by atoms with E-state index in [1.165, 1.54) is 0 Å². The molecule has 1 aromatic heterocycles. The number of nitrogens with zero attached hydrogens (tertiary/aromatic N) is 5. The molecule has 0 aliphatic rings. The Labute approximate surface area is 212 Å². The lowest BCUT2D eigenvalue weighted by Crippen LogP contribution is -2.21. The van der Waals surface area contributed by atoms with Crippen LogP contribution in [0.15, 0.2) is 90.0 Å². The third-order valence-electron chi connectivity index (χ3n) is 4.42. The molecule has 0 bridgehead atoms. The van der Waals surface area contributed by atoms with E-state index in [0.717, 1.165) is 9.13 Å². The molecule has 4 aromatic rings. The van der Waals surface area contributed by atoms with E-state index in [0.29, 0.717) is 11.4 Å². The number of alkyl halides is 3. The number of hydrogen-bond acceptors (Lipinski definition) is 7. The van der Waals surface area contributed by atoms with Gasteiger partial charge in [-0.3, -0.25) is 4.90 Å². The monoisotopic (exact) mass is 590 g/mol. The number of anilines is 4. The first-order valence-corrected chi connectivity index (χ1v) is 11.4. The van der Waals surface area contributed by atoms with Gasteiger partial charge in [0.2, 0.25) is 5.95 Å². The van der Waals surface area contributed by atoms with Crippen LogP contribution in [0.4, 0.5) is 36.4 Å². The average molecular weight is 590 g/mol. The highest BCUT2D eigenvalue weighted by Gasteiger charge is 2.29. The molecule has 0 fully saturated rings. The Balaban J connectivity index is 1.72. The van der Waals surface area contributed by atoms with Gasteiger partial charge in [0.15, 0.2) is 6.61 Å². The molecule has 0 amide bonds. The van der Waals surface area contributed by atoms with E-state index >= 15 is 0 Å². The number of benzene rings is 3. The van der Waals surface area contributed by atoms with E-state index in [1.54, 1.807) is 11.1 Å². The van der Waals surface area contributed by atoms with Crippen LogP contribution in [-0.4, -0.2) is 33.9 Å². The fourth-order valence-corrected chi connectivity index (χ4v) is 3.56. The van der Waals surface area contributed by atoms with E-state index in [9.17, 15) is 13.2 Å². The Kier molecular flexibility index (Phi) is 7.75. The molecule has 35 heavy (non-hydrogen) atoms. The topological polar surface area (TPSA) is 75.5 Å². The highest BCUT2D eigenvalue weighted by molar-refractivity contribution is 14.1. The van der Waals surface area contributed by atoms with Crippen LogP contribution in [0.5, 0.6) is 6.01 Å². The van der Waals surface area contributed by atoms with Crippen LogP contribution >= 0.6 is 22.6 Å². The number of ether oxygens (including phenoxy) is 1. The zero-order chi connectivity index (χ0) is 24.7. The summed E-state index contributed by atoms with van der Waals surface area (Å²) in [5, 5.41) is 4.12. The second kappa shape index (κ2) is 11.1. The van der Waals surface area contributed by atoms with Gasteiger partial charge >= 0.3 is 12.2 Å². The van der Waals surface area contributed by atoms with E-state index in [1.807, 2.05) is 84.9 Å². The minimum atomic E-state index is -4.55. The lowest BCUT2D eigenvalue weighted by atomic mass is 10.2. The summed E-state index contributed by atoms with van der Waals surface area (Å²) in [6.07, 6.45) is -3.00. The van der Waals surface area contributed by atoms with Gasteiger partial charge in [0.05, 0.1) is 6.21 Å². The molecule has 0 spiro atoms. The van der Waals surface area contributed by atoms with Gasteiger partial charge in [0.25, 0.3) is 5.95 Å². The summed E-state index contributed by atoms with van der Waals surface area (Å²) in [6, 6.07) is 25.4. The molecular weight excluding hydrogens is 572 g/mol. The Morgan fingerprint density at radius 1 is 0.886 bits per heavy atom. The van der Waals surface area contributed by atoms with Gasteiger partial charge < -0.3 is 4.74 Å². The lowest BCUT2D eigenvalue weighted by Gasteiger charge is -2.23. The van der Waals surface area contributed by atoms with Crippen LogP contribution in [0.3, 0.4) is 0 Å². The van der Waals surface area contributed by atoms with E-state index in [-0.39, 0.29) is 11.9 Å². The number of nitrogens with one attached hydrogen (secondary N) is 1. The van der Waals surface area contributed by atoms with Gasteiger partial charge in [0, 0.05) is 14.9 Å². The number of hydrazone groups is 1. The van der Waals surface area contributed by atoms with Crippen molar-refractivity contribution in [3.8, 4) is 6.01 Å². The van der Waals surface area contributed by atoms with Gasteiger partial charge in [0.1, 0.15) is 0 Å². The Bertz CT molecular complexity index is 1250. The van der Waals surface area contributed by atoms with Gasteiger partial charge in [-0.2, -0.15) is 33.2 Å². The first kappa shape index (κ1) is 24.4. The quantitative estimate of drug-likeness (QED) is 0.147. The van der Waals surface area contributed by atoms with Crippen molar-refractivity contribution < 1.29 is 17.9 Å². The molecule has 1 N–H and O–H groups in total. The smallest absolute Gasteiger partial charge is 0.422 e. The zero-order valence-electron chi connectivity index (χ0n) is 18.0. The molecule has 0 radical (unpaired) electrons. The largest absolute Gasteiger partial charge is 0.454 e. The molecule has 0 atom stereocenters. The first-order chi connectivity index (χ1) is 16.9. The van der Waals surface area contributed by atoms with Gasteiger partial charge in [-0.25, -0.2) is 5.43 Å². The van der Waals surface area contributed by atoms with Crippen LogP contribution < -0.4 is 15.1 Å². The van der Waals surface area contributed by atoms with Gasteiger partial charge in [-0.15, -0.1) is 0 Å². The molecule has 0 aliphatic carbocycles. The average Bonchev–Trinajstić information content (AvgIpc) is 2.84. The maximum atomic E-state index is 12.8. The standard InChI is InChI=1S/C24H18F3IN6O/c25-24(26,27)16-35-23-31-21(33-29-15-17-8-7-9-18(28)14-17)30-22(32-23)34(19-10-3-1-4-11-19)20-12-5-2-6-13-20/h1-15H,16H2,(H,30,31,32,33). The van der Waals surface area contributed by atoms with Crippen LogP contribution in [0, 0.1) is 3.57 Å². The summed E-state index contributed by atoms with van der Waals surface area (Å²) in [7, 11) is 0. The number of rotatable bonds is 8. The van der Waals surface area contributed by atoms with Crippen molar-refractivity contribution in [3.63, 3.8) is 0 Å². The number of hydrogen-bond donors (Lipinski definition) is 1. The molecule has 0 aliphatic heterocycles. The van der Waals surface area contributed by atoms with Crippen molar-refractivity contribution in [2.75, 3.05) is 16.9 Å². The third-order valence-corrected chi connectivity index (χ3v) is 5.09. The van der Waals surface area contributed by atoms with Crippen molar-refractivity contribution in [1.82, 2.24) is 15.0 Å². The molecule has 3 aromatic carbocycles. The first-order valence-electron chi connectivity index (χ1n) is 10.3. The summed E-state index contributed by atoms with van der Waals surface area (Å²) in [5.41, 5.74) is 4.88. The van der Waals surface area contributed by atoms with Gasteiger partial charge in [-0.1, -0.05) is 48.5 Å². The third kappa shape index (κ3) is 7.12. The summed E-state index contributed by atoms with van der Waals surface area (Å²) < 4.78 is 44.3. The number of para-hydroxylation sites is 2. The molecule has 0 saturated carbocycles. The minimum Gasteiger partial charge on any atom is -0.454 e. The second-order valence-electron chi connectivity index (χ2n) is 7.08. The predicted octanol–water partition coefficient (Wildman–Crippen LogP) is 6.33. The maximum Gasteiger partial charge on any atom is 0.422 e. The molecule has 7 nitrogen and oxygen atoms in total. The summed E-state index contributed by atoms with van der Waals surface area (Å²) in [4.78, 5) is 14.2. The van der Waals surface area contributed by atoms with Crippen molar-refractivity contribution in [1.29, 1.82) is 0 Å². The van der Waals surface area contributed by atoms with Crippen LogP contribution in [0.2, 0.25) is 0 Å². The van der Waals surface area contributed by atoms with Gasteiger partial charge in [-0.05, 0) is 64.6 Å². The molecule has 1 heterocycles. The summed E-state index contributed by atoms with van der Waals surface area (Å²) >= 11 is 2.18. The Hall–Kier alpha value is -3.74. The fourth-order valence-electron chi connectivity index (χ4n) is 2.99. The van der Waals surface area contributed by atoms with Crippen molar-refractivity contribution in [3.05, 3.63) is 94.1 Å².